The molecular formula is C8H9N3O. The number of hydrogen-bond acceptors (Lipinski definition) is 4. The van der Waals surface area contributed by atoms with Crippen LogP contribution in [0.1, 0.15) is 43.4 Å². The maximum absolute atomic E-state index is 8.57. The fourth-order valence-corrected chi connectivity index (χ4v) is 0.972. The Kier molecular flexibility index (Phi) is 1.58. The lowest BCUT2D eigenvalue weighted by molar-refractivity contribution is 0.444. The summed E-state index contributed by atoms with van der Waals surface area (Å²) in [6.45, 7) is 1.75. The number of hydrogen-bond donors (Lipinski definition) is 0. The average Bonchev–Trinajstić information content (AvgIpc) is 2.83. The molecular weight excluding hydrogens is 154 g/mol. The van der Waals surface area contributed by atoms with Gasteiger partial charge >= 0.3 is 0 Å². The summed E-state index contributed by atoms with van der Waals surface area (Å²) in [5, 5.41) is 16.3. The highest BCUT2D eigenvalue weighted by Crippen LogP contribution is 2.39. The molecule has 1 atom stereocenters. The normalized spacial score (nSPS) is 18.7. The minimum Gasteiger partial charge on any atom is -0.424 e. The van der Waals surface area contributed by atoms with E-state index in [-0.39, 0.29) is 5.92 Å². The van der Waals surface area contributed by atoms with Crippen molar-refractivity contribution in [3.8, 4) is 6.07 Å². The molecule has 0 radical (unpaired) electrons. The summed E-state index contributed by atoms with van der Waals surface area (Å²) in [7, 11) is 0. The molecule has 4 nitrogen and oxygen atoms in total. The van der Waals surface area contributed by atoms with E-state index in [1.165, 1.54) is 0 Å². The van der Waals surface area contributed by atoms with E-state index in [1.807, 2.05) is 0 Å². The monoisotopic (exact) mass is 163 g/mol. The van der Waals surface area contributed by atoms with Crippen molar-refractivity contribution >= 4 is 0 Å². The van der Waals surface area contributed by atoms with Gasteiger partial charge in [0.2, 0.25) is 11.8 Å². The Balaban J connectivity index is 2.18. The predicted molar refractivity (Wildman–Crippen MR) is 40.3 cm³/mol. The zero-order valence-corrected chi connectivity index (χ0v) is 6.82. The van der Waals surface area contributed by atoms with E-state index in [1.54, 1.807) is 6.92 Å². The summed E-state index contributed by atoms with van der Waals surface area (Å²) in [6.07, 6.45) is 2.28. The first-order chi connectivity index (χ1) is 5.81. The molecule has 1 unspecified atom stereocenters. The van der Waals surface area contributed by atoms with Crippen molar-refractivity contribution in [2.24, 2.45) is 0 Å². The van der Waals surface area contributed by atoms with Crippen LogP contribution < -0.4 is 0 Å². The van der Waals surface area contributed by atoms with Crippen molar-refractivity contribution in [1.29, 1.82) is 5.26 Å². The van der Waals surface area contributed by atoms with Gasteiger partial charge in [-0.1, -0.05) is 0 Å². The van der Waals surface area contributed by atoms with Crippen LogP contribution in [0, 0.1) is 11.3 Å². The minimum atomic E-state index is -0.287. The fraction of sp³-hybridized carbons (Fsp3) is 0.625. The van der Waals surface area contributed by atoms with Gasteiger partial charge in [0.1, 0.15) is 5.92 Å². The summed E-state index contributed by atoms with van der Waals surface area (Å²) < 4.78 is 5.32. The van der Waals surface area contributed by atoms with Crippen molar-refractivity contribution < 1.29 is 4.42 Å². The zero-order valence-electron chi connectivity index (χ0n) is 6.82. The van der Waals surface area contributed by atoms with Gasteiger partial charge in [-0.15, -0.1) is 10.2 Å². The molecule has 62 valence electrons. The van der Waals surface area contributed by atoms with E-state index in [0.29, 0.717) is 17.7 Å². The Morgan fingerprint density at radius 2 is 2.33 bits per heavy atom. The van der Waals surface area contributed by atoms with Crippen molar-refractivity contribution in [3.05, 3.63) is 11.8 Å². The Labute approximate surface area is 70.2 Å². The molecule has 1 aliphatic rings. The summed E-state index contributed by atoms with van der Waals surface area (Å²) >= 11 is 0. The fourth-order valence-electron chi connectivity index (χ4n) is 0.972. The van der Waals surface area contributed by atoms with E-state index in [0.717, 1.165) is 12.8 Å². The van der Waals surface area contributed by atoms with Crippen molar-refractivity contribution in [3.63, 3.8) is 0 Å². The lowest BCUT2D eigenvalue weighted by Gasteiger charge is -1.90. The first-order valence-electron chi connectivity index (χ1n) is 4.04. The molecule has 0 bridgehead atoms. The molecule has 12 heavy (non-hydrogen) atoms. The van der Waals surface area contributed by atoms with Gasteiger partial charge in [0, 0.05) is 5.92 Å². The standard InChI is InChI=1S/C8H9N3O/c1-5(4-9)7-10-11-8(12-7)6-2-3-6/h5-6H,2-3H2,1H3. The highest BCUT2D eigenvalue weighted by molar-refractivity contribution is 5.05. The van der Waals surface area contributed by atoms with Crippen LogP contribution >= 0.6 is 0 Å². The van der Waals surface area contributed by atoms with Crippen LogP contribution in [-0.4, -0.2) is 10.2 Å². The van der Waals surface area contributed by atoms with Gasteiger partial charge in [0.25, 0.3) is 0 Å². The average molecular weight is 163 g/mol. The van der Waals surface area contributed by atoms with Crippen LogP contribution in [0.3, 0.4) is 0 Å². The third-order valence-corrected chi connectivity index (χ3v) is 1.95. The van der Waals surface area contributed by atoms with E-state index in [4.69, 9.17) is 9.68 Å². The third-order valence-electron chi connectivity index (χ3n) is 1.95. The second kappa shape index (κ2) is 2.59. The van der Waals surface area contributed by atoms with Crippen LogP contribution in [0.5, 0.6) is 0 Å². The summed E-state index contributed by atoms with van der Waals surface area (Å²) in [4.78, 5) is 0. The number of nitriles is 1. The smallest absolute Gasteiger partial charge is 0.233 e. The predicted octanol–water partition coefficient (Wildman–Crippen LogP) is 1.57. The van der Waals surface area contributed by atoms with Crippen molar-refractivity contribution in [2.45, 2.75) is 31.6 Å². The van der Waals surface area contributed by atoms with Gasteiger partial charge in [0.05, 0.1) is 6.07 Å². The molecule has 1 fully saturated rings. The number of rotatable bonds is 2. The molecule has 0 amide bonds. The quantitative estimate of drug-likeness (QED) is 0.663. The largest absolute Gasteiger partial charge is 0.424 e. The molecule has 1 saturated carbocycles. The van der Waals surface area contributed by atoms with Gasteiger partial charge < -0.3 is 4.42 Å². The minimum absolute atomic E-state index is 0.287. The van der Waals surface area contributed by atoms with Crippen LogP contribution in [0.2, 0.25) is 0 Å². The van der Waals surface area contributed by atoms with Crippen LogP contribution in [0.15, 0.2) is 4.42 Å². The molecule has 0 saturated heterocycles. The molecule has 2 rings (SSSR count). The number of aromatic nitrogens is 2. The SMILES string of the molecule is CC(C#N)c1nnc(C2CC2)o1. The van der Waals surface area contributed by atoms with E-state index in [2.05, 4.69) is 16.3 Å². The van der Waals surface area contributed by atoms with Gasteiger partial charge in [-0.25, -0.2) is 0 Å². The van der Waals surface area contributed by atoms with Gasteiger partial charge in [-0.05, 0) is 19.8 Å². The van der Waals surface area contributed by atoms with Crippen molar-refractivity contribution in [1.82, 2.24) is 10.2 Å². The summed E-state index contributed by atoms with van der Waals surface area (Å²) in [5.41, 5.74) is 0. The Morgan fingerprint density at radius 3 is 2.92 bits per heavy atom. The third kappa shape index (κ3) is 1.18. The number of nitrogens with zero attached hydrogens (tertiary/aromatic N) is 3. The topological polar surface area (TPSA) is 62.7 Å². The van der Waals surface area contributed by atoms with Gasteiger partial charge in [0.15, 0.2) is 0 Å². The highest BCUT2D eigenvalue weighted by atomic mass is 16.4. The van der Waals surface area contributed by atoms with E-state index < -0.39 is 0 Å². The Hall–Kier alpha value is -1.37. The second-order valence-corrected chi connectivity index (χ2v) is 3.10. The summed E-state index contributed by atoms with van der Waals surface area (Å²) in [5.74, 6) is 1.33. The molecule has 0 aliphatic heterocycles. The molecule has 1 aromatic rings. The molecule has 4 heteroatoms. The maximum Gasteiger partial charge on any atom is 0.233 e. The van der Waals surface area contributed by atoms with E-state index in [9.17, 15) is 0 Å². The second-order valence-electron chi connectivity index (χ2n) is 3.10. The molecule has 0 N–H and O–H groups in total. The van der Waals surface area contributed by atoms with Gasteiger partial charge in [-0.3, -0.25) is 0 Å². The lowest BCUT2D eigenvalue weighted by Crippen LogP contribution is -1.88. The molecule has 0 spiro atoms. The molecule has 1 aliphatic carbocycles. The molecule has 0 aromatic carbocycles. The van der Waals surface area contributed by atoms with Crippen molar-refractivity contribution in [2.75, 3.05) is 0 Å². The van der Waals surface area contributed by atoms with Crippen LogP contribution in [0.25, 0.3) is 0 Å². The lowest BCUT2D eigenvalue weighted by atomic mass is 10.2. The highest BCUT2D eigenvalue weighted by Gasteiger charge is 2.29. The molecule has 1 aromatic heterocycles. The molecule has 1 heterocycles. The summed E-state index contributed by atoms with van der Waals surface area (Å²) in [6, 6.07) is 2.06. The Morgan fingerprint density at radius 1 is 1.58 bits per heavy atom. The Bertz CT molecular complexity index is 321. The zero-order chi connectivity index (χ0) is 8.55. The van der Waals surface area contributed by atoms with Gasteiger partial charge in [-0.2, -0.15) is 5.26 Å². The first-order valence-corrected chi connectivity index (χ1v) is 4.04. The van der Waals surface area contributed by atoms with E-state index >= 15 is 0 Å². The van der Waals surface area contributed by atoms with Crippen LogP contribution in [-0.2, 0) is 0 Å². The first kappa shape index (κ1) is 7.29. The van der Waals surface area contributed by atoms with Crippen LogP contribution in [0.4, 0.5) is 0 Å². The maximum atomic E-state index is 8.57.